The quantitative estimate of drug-likeness (QED) is 0.818. The van der Waals surface area contributed by atoms with Gasteiger partial charge in [-0.15, -0.1) is 0 Å². The van der Waals surface area contributed by atoms with E-state index in [1.54, 1.807) is 42.6 Å². The third-order valence-corrected chi connectivity index (χ3v) is 1.98. The maximum Gasteiger partial charge on any atom is 0.183 e. The van der Waals surface area contributed by atoms with Crippen molar-refractivity contribution in [2.24, 2.45) is 0 Å². The summed E-state index contributed by atoms with van der Waals surface area (Å²) in [5.41, 5.74) is 6.48. The Bertz CT molecular complexity index is 529. The van der Waals surface area contributed by atoms with Crippen molar-refractivity contribution in [2.75, 3.05) is 5.73 Å². The first kappa shape index (κ1) is 13.5. The monoisotopic (exact) mass is 241 g/mol. The van der Waals surface area contributed by atoms with E-state index in [9.17, 15) is 0 Å². The first-order valence-corrected chi connectivity index (χ1v) is 5.68. The fourth-order valence-electron chi connectivity index (χ4n) is 1.22. The summed E-state index contributed by atoms with van der Waals surface area (Å²) in [5.74, 6) is 1.06. The molecule has 4 nitrogen and oxygen atoms in total. The topological polar surface area (TPSA) is 71.9 Å². The van der Waals surface area contributed by atoms with Gasteiger partial charge in [-0.25, -0.2) is 4.98 Å². The van der Waals surface area contributed by atoms with Crippen LogP contribution in [0.1, 0.15) is 19.5 Å². The first-order chi connectivity index (χ1) is 8.79. The van der Waals surface area contributed by atoms with E-state index in [1.807, 2.05) is 19.9 Å². The molecule has 18 heavy (non-hydrogen) atoms. The lowest BCUT2D eigenvalue weighted by molar-refractivity contribution is 0.478. The van der Waals surface area contributed by atoms with Gasteiger partial charge < -0.3 is 10.5 Å². The Hall–Kier alpha value is -2.54. The average Bonchev–Trinajstić information content (AvgIpc) is 2.44. The Morgan fingerprint density at radius 2 is 1.83 bits per heavy atom. The Labute approximate surface area is 107 Å². The Kier molecular flexibility index (Phi) is 5.20. The number of nitrogen functional groups attached to an aromatic ring is 1. The van der Waals surface area contributed by atoms with Gasteiger partial charge in [-0.1, -0.05) is 13.8 Å². The van der Waals surface area contributed by atoms with E-state index in [4.69, 9.17) is 15.7 Å². The van der Waals surface area contributed by atoms with E-state index in [1.165, 1.54) is 0 Å². The molecule has 0 aliphatic heterocycles. The molecule has 0 unspecified atom stereocenters. The van der Waals surface area contributed by atoms with Crippen molar-refractivity contribution >= 4 is 5.69 Å². The summed E-state index contributed by atoms with van der Waals surface area (Å²) in [6, 6.07) is 12.3. The zero-order valence-corrected chi connectivity index (χ0v) is 10.4. The van der Waals surface area contributed by atoms with Gasteiger partial charge in [0.2, 0.25) is 0 Å². The van der Waals surface area contributed by atoms with E-state index in [0.717, 1.165) is 0 Å². The van der Waals surface area contributed by atoms with Crippen LogP contribution in [0.3, 0.4) is 0 Å². The highest BCUT2D eigenvalue weighted by Crippen LogP contribution is 2.23. The van der Waals surface area contributed by atoms with Gasteiger partial charge in [-0.2, -0.15) is 5.26 Å². The zero-order chi connectivity index (χ0) is 13.4. The number of rotatable bonds is 2. The molecule has 0 spiro atoms. The third kappa shape index (κ3) is 3.49. The summed E-state index contributed by atoms with van der Waals surface area (Å²) < 4.78 is 5.51. The molecular weight excluding hydrogens is 226 g/mol. The fourth-order valence-corrected chi connectivity index (χ4v) is 1.22. The van der Waals surface area contributed by atoms with Crippen LogP contribution in [0.15, 0.2) is 42.6 Å². The molecular formula is C14H15N3O. The number of hydrogen-bond acceptors (Lipinski definition) is 4. The van der Waals surface area contributed by atoms with Crippen LogP contribution in [-0.4, -0.2) is 4.98 Å². The van der Waals surface area contributed by atoms with Crippen LogP contribution in [0.5, 0.6) is 11.5 Å². The van der Waals surface area contributed by atoms with Gasteiger partial charge in [0.05, 0.1) is 0 Å². The summed E-state index contributed by atoms with van der Waals surface area (Å²) in [5, 5.41) is 8.83. The summed E-state index contributed by atoms with van der Waals surface area (Å²) in [7, 11) is 0. The molecule has 0 aliphatic rings. The van der Waals surface area contributed by atoms with E-state index in [-0.39, 0.29) is 5.69 Å². The van der Waals surface area contributed by atoms with E-state index >= 15 is 0 Å². The summed E-state index contributed by atoms with van der Waals surface area (Å²) in [4.78, 5) is 3.90. The molecule has 4 heteroatoms. The number of benzene rings is 1. The van der Waals surface area contributed by atoms with Crippen LogP contribution >= 0.6 is 0 Å². The van der Waals surface area contributed by atoms with Crippen LogP contribution in [0.4, 0.5) is 5.69 Å². The predicted molar refractivity (Wildman–Crippen MR) is 71.2 cm³/mol. The van der Waals surface area contributed by atoms with Crippen LogP contribution in [0, 0.1) is 11.3 Å². The maximum absolute atomic E-state index is 8.83. The number of nitrogens with two attached hydrogens (primary N) is 1. The van der Waals surface area contributed by atoms with Gasteiger partial charge >= 0.3 is 0 Å². The highest BCUT2D eigenvalue weighted by Gasteiger charge is 2.04. The lowest BCUT2D eigenvalue weighted by atomic mass is 10.3. The molecule has 0 bridgehead atoms. The normalized spacial score (nSPS) is 8.72. The minimum Gasteiger partial charge on any atom is -0.454 e. The summed E-state index contributed by atoms with van der Waals surface area (Å²) >= 11 is 0. The molecule has 0 amide bonds. The van der Waals surface area contributed by atoms with Crippen molar-refractivity contribution in [1.82, 2.24) is 4.98 Å². The molecule has 2 rings (SSSR count). The second kappa shape index (κ2) is 6.92. The molecule has 2 N–H and O–H groups in total. The molecule has 0 aliphatic carbocycles. The molecule has 0 fully saturated rings. The summed E-state index contributed by atoms with van der Waals surface area (Å²) in [6.07, 6.45) is 1.55. The van der Waals surface area contributed by atoms with Crippen molar-refractivity contribution in [2.45, 2.75) is 13.8 Å². The Morgan fingerprint density at radius 1 is 1.17 bits per heavy atom. The smallest absolute Gasteiger partial charge is 0.183 e. The fraction of sp³-hybridized carbons (Fsp3) is 0.143. The van der Waals surface area contributed by atoms with Crippen molar-refractivity contribution < 1.29 is 4.74 Å². The highest BCUT2D eigenvalue weighted by molar-refractivity contribution is 5.45. The van der Waals surface area contributed by atoms with Gasteiger partial charge in [-0.3, -0.25) is 0 Å². The molecule has 0 radical (unpaired) electrons. The molecule has 0 atom stereocenters. The largest absolute Gasteiger partial charge is 0.454 e. The average molecular weight is 241 g/mol. The van der Waals surface area contributed by atoms with Gasteiger partial charge in [0, 0.05) is 11.9 Å². The van der Waals surface area contributed by atoms with Crippen molar-refractivity contribution in [3.05, 3.63) is 48.3 Å². The number of hydrogen-bond donors (Lipinski definition) is 1. The Balaban J connectivity index is 0.000000771. The Morgan fingerprint density at radius 3 is 2.44 bits per heavy atom. The van der Waals surface area contributed by atoms with E-state index in [2.05, 4.69) is 4.98 Å². The van der Waals surface area contributed by atoms with Gasteiger partial charge in [-0.05, 0) is 36.4 Å². The standard InChI is InChI=1S/C12H9N3O.C2H6/c13-8-11-12(2-1-7-15-11)16-10-5-3-9(14)4-6-10;1-2/h1-7H,14H2;1-2H3. The lowest BCUT2D eigenvalue weighted by Gasteiger charge is -2.06. The van der Waals surface area contributed by atoms with Crippen LogP contribution in [-0.2, 0) is 0 Å². The molecule has 2 aromatic rings. The maximum atomic E-state index is 8.83. The number of anilines is 1. The van der Waals surface area contributed by atoms with Crippen LogP contribution < -0.4 is 10.5 Å². The third-order valence-electron chi connectivity index (χ3n) is 1.98. The number of aromatic nitrogens is 1. The molecule has 92 valence electrons. The second-order valence-corrected chi connectivity index (χ2v) is 3.13. The first-order valence-electron chi connectivity index (χ1n) is 5.68. The lowest BCUT2D eigenvalue weighted by Crippen LogP contribution is -1.91. The minimum atomic E-state index is 0.263. The number of pyridine rings is 1. The predicted octanol–water partition coefficient (Wildman–Crippen LogP) is 3.35. The van der Waals surface area contributed by atoms with Crippen LogP contribution in [0.2, 0.25) is 0 Å². The van der Waals surface area contributed by atoms with Gasteiger partial charge in [0.25, 0.3) is 0 Å². The molecule has 1 heterocycles. The zero-order valence-electron chi connectivity index (χ0n) is 10.4. The van der Waals surface area contributed by atoms with Crippen molar-refractivity contribution in [3.8, 4) is 17.6 Å². The number of ether oxygens (including phenoxy) is 1. The second-order valence-electron chi connectivity index (χ2n) is 3.13. The van der Waals surface area contributed by atoms with Crippen LogP contribution in [0.25, 0.3) is 0 Å². The highest BCUT2D eigenvalue weighted by atomic mass is 16.5. The van der Waals surface area contributed by atoms with E-state index < -0.39 is 0 Å². The summed E-state index contributed by atoms with van der Waals surface area (Å²) in [6.45, 7) is 4.00. The van der Waals surface area contributed by atoms with Gasteiger partial charge in [0.15, 0.2) is 11.4 Å². The molecule has 0 saturated carbocycles. The molecule has 1 aromatic carbocycles. The van der Waals surface area contributed by atoms with Gasteiger partial charge in [0.1, 0.15) is 11.8 Å². The minimum absolute atomic E-state index is 0.263. The number of nitriles is 1. The SMILES string of the molecule is CC.N#Cc1ncccc1Oc1ccc(N)cc1. The van der Waals surface area contributed by atoms with Crippen molar-refractivity contribution in [1.29, 1.82) is 5.26 Å². The number of nitrogens with zero attached hydrogens (tertiary/aromatic N) is 2. The van der Waals surface area contributed by atoms with Crippen molar-refractivity contribution in [3.63, 3.8) is 0 Å². The molecule has 0 saturated heterocycles. The molecule has 1 aromatic heterocycles. The van der Waals surface area contributed by atoms with E-state index in [0.29, 0.717) is 17.2 Å².